The molecule has 0 aliphatic carbocycles. The summed E-state index contributed by atoms with van der Waals surface area (Å²) < 4.78 is 16.7. The van der Waals surface area contributed by atoms with Crippen molar-refractivity contribution in [3.8, 4) is 5.75 Å². The molecule has 98 valence electrons. The molecule has 1 atom stereocenters. The summed E-state index contributed by atoms with van der Waals surface area (Å²) in [6.07, 6.45) is 1.70. The van der Waals surface area contributed by atoms with Crippen LogP contribution >= 0.6 is 0 Å². The smallest absolute Gasteiger partial charge is 0.163 e. The van der Waals surface area contributed by atoms with E-state index in [1.54, 1.807) is 24.3 Å². The molecule has 1 aromatic carbocycles. The molecular weight excluding hydrogens is 232 g/mol. The molecule has 0 N–H and O–H groups in total. The fourth-order valence-corrected chi connectivity index (χ4v) is 1.86. The molecule has 0 bridgehead atoms. The van der Waals surface area contributed by atoms with Crippen LogP contribution in [-0.2, 0) is 9.47 Å². The predicted molar refractivity (Wildman–Crippen MR) is 66.8 cm³/mol. The minimum absolute atomic E-state index is 0.0919. The Kier molecular flexibility index (Phi) is 3.99. The van der Waals surface area contributed by atoms with E-state index >= 15 is 0 Å². The van der Waals surface area contributed by atoms with Gasteiger partial charge in [0.2, 0.25) is 0 Å². The number of hydrogen-bond acceptors (Lipinski definition) is 4. The molecule has 0 unspecified atom stereocenters. The molecule has 1 aliphatic heterocycles. The van der Waals surface area contributed by atoms with Gasteiger partial charge in [0.25, 0.3) is 0 Å². The zero-order chi connectivity index (χ0) is 13.0. The third-order valence-electron chi connectivity index (χ3n) is 2.79. The van der Waals surface area contributed by atoms with Crippen LogP contribution in [0.25, 0.3) is 0 Å². The van der Waals surface area contributed by atoms with Gasteiger partial charge in [0, 0.05) is 12.0 Å². The van der Waals surface area contributed by atoms with E-state index in [0.717, 1.165) is 18.5 Å². The molecule has 4 heteroatoms. The van der Waals surface area contributed by atoms with Gasteiger partial charge in [-0.15, -0.1) is 0 Å². The average Bonchev–Trinajstić information content (AvgIpc) is 2.70. The lowest BCUT2D eigenvalue weighted by Crippen LogP contribution is -2.22. The second-order valence-corrected chi connectivity index (χ2v) is 4.77. The Bertz CT molecular complexity index is 397. The molecule has 2 rings (SSSR count). The van der Waals surface area contributed by atoms with E-state index in [0.29, 0.717) is 18.8 Å². The third kappa shape index (κ3) is 3.55. The Morgan fingerprint density at radius 3 is 2.67 bits per heavy atom. The highest BCUT2D eigenvalue weighted by molar-refractivity contribution is 5.74. The van der Waals surface area contributed by atoms with Crippen molar-refractivity contribution in [3.05, 3.63) is 29.8 Å². The van der Waals surface area contributed by atoms with Crippen molar-refractivity contribution in [2.45, 2.75) is 32.2 Å². The van der Waals surface area contributed by atoms with E-state index < -0.39 is 5.79 Å². The fourth-order valence-electron chi connectivity index (χ4n) is 1.86. The van der Waals surface area contributed by atoms with Gasteiger partial charge >= 0.3 is 0 Å². The van der Waals surface area contributed by atoms with Crippen molar-refractivity contribution in [1.29, 1.82) is 0 Å². The number of aldehydes is 1. The van der Waals surface area contributed by atoms with Crippen LogP contribution in [0.15, 0.2) is 24.3 Å². The molecule has 0 amide bonds. The number of ether oxygens (including phenoxy) is 3. The minimum Gasteiger partial charge on any atom is -0.493 e. The van der Waals surface area contributed by atoms with Crippen molar-refractivity contribution in [2.75, 3.05) is 13.2 Å². The van der Waals surface area contributed by atoms with Crippen LogP contribution in [0, 0.1) is 0 Å². The molecule has 0 saturated carbocycles. The van der Waals surface area contributed by atoms with Gasteiger partial charge in [-0.25, -0.2) is 0 Å². The lowest BCUT2D eigenvalue weighted by atomic mass is 10.2. The number of hydrogen-bond donors (Lipinski definition) is 0. The Morgan fingerprint density at radius 2 is 2.11 bits per heavy atom. The molecule has 1 saturated heterocycles. The van der Waals surface area contributed by atoms with Crippen LogP contribution in [0.4, 0.5) is 0 Å². The highest BCUT2D eigenvalue weighted by Gasteiger charge is 2.32. The van der Waals surface area contributed by atoms with Crippen LogP contribution in [-0.4, -0.2) is 31.4 Å². The minimum atomic E-state index is -0.476. The van der Waals surface area contributed by atoms with Crippen molar-refractivity contribution in [2.24, 2.45) is 0 Å². The van der Waals surface area contributed by atoms with Crippen LogP contribution in [0.2, 0.25) is 0 Å². The van der Waals surface area contributed by atoms with Crippen molar-refractivity contribution in [1.82, 2.24) is 0 Å². The maximum absolute atomic E-state index is 10.5. The van der Waals surface area contributed by atoms with Gasteiger partial charge < -0.3 is 14.2 Å². The van der Waals surface area contributed by atoms with Gasteiger partial charge in [-0.05, 0) is 38.1 Å². The predicted octanol–water partition coefficient (Wildman–Crippen LogP) is 2.42. The van der Waals surface area contributed by atoms with Crippen molar-refractivity contribution < 1.29 is 19.0 Å². The molecule has 0 aromatic heterocycles. The van der Waals surface area contributed by atoms with Crippen LogP contribution in [0.3, 0.4) is 0 Å². The summed E-state index contributed by atoms with van der Waals surface area (Å²) in [5.41, 5.74) is 0.650. The summed E-state index contributed by atoms with van der Waals surface area (Å²) in [7, 11) is 0. The summed E-state index contributed by atoms with van der Waals surface area (Å²) in [5, 5.41) is 0. The molecule has 0 spiro atoms. The maximum Gasteiger partial charge on any atom is 0.163 e. The Hall–Kier alpha value is -1.39. The average molecular weight is 250 g/mol. The largest absolute Gasteiger partial charge is 0.493 e. The van der Waals surface area contributed by atoms with Crippen LogP contribution < -0.4 is 4.74 Å². The lowest BCUT2D eigenvalue weighted by molar-refractivity contribution is -0.139. The van der Waals surface area contributed by atoms with Crippen molar-refractivity contribution in [3.63, 3.8) is 0 Å². The first-order valence-corrected chi connectivity index (χ1v) is 6.09. The highest BCUT2D eigenvalue weighted by atomic mass is 16.7. The second kappa shape index (κ2) is 5.50. The van der Waals surface area contributed by atoms with Gasteiger partial charge in [0.15, 0.2) is 5.79 Å². The highest BCUT2D eigenvalue weighted by Crippen LogP contribution is 2.24. The van der Waals surface area contributed by atoms with Crippen molar-refractivity contribution >= 4 is 6.29 Å². The van der Waals surface area contributed by atoms with Gasteiger partial charge in [0.1, 0.15) is 12.0 Å². The second-order valence-electron chi connectivity index (χ2n) is 4.77. The van der Waals surface area contributed by atoms with E-state index in [1.807, 2.05) is 13.8 Å². The molecule has 1 aromatic rings. The first-order valence-electron chi connectivity index (χ1n) is 6.09. The molecule has 0 radical (unpaired) electrons. The van der Waals surface area contributed by atoms with Crippen LogP contribution in [0.1, 0.15) is 30.6 Å². The van der Waals surface area contributed by atoms with E-state index in [-0.39, 0.29) is 6.10 Å². The molecule has 4 nitrogen and oxygen atoms in total. The standard InChI is InChI=1S/C14H18O4/c1-14(2)17-10-13(18-14)7-8-16-12-5-3-11(9-15)4-6-12/h3-6,9,13H,7-8,10H2,1-2H3/t13-/m0/s1. The zero-order valence-corrected chi connectivity index (χ0v) is 10.7. The molecule has 18 heavy (non-hydrogen) atoms. The number of carbonyl (C=O) groups excluding carboxylic acids is 1. The topological polar surface area (TPSA) is 44.8 Å². The molecule has 1 aliphatic rings. The maximum atomic E-state index is 10.5. The lowest BCUT2D eigenvalue weighted by Gasteiger charge is -2.17. The normalized spacial score (nSPS) is 21.8. The summed E-state index contributed by atoms with van der Waals surface area (Å²) in [6.45, 7) is 5.00. The summed E-state index contributed by atoms with van der Waals surface area (Å²) >= 11 is 0. The molecule has 1 heterocycles. The van der Waals surface area contributed by atoms with Gasteiger partial charge in [-0.2, -0.15) is 0 Å². The van der Waals surface area contributed by atoms with Crippen LogP contribution in [0.5, 0.6) is 5.75 Å². The fraction of sp³-hybridized carbons (Fsp3) is 0.500. The van der Waals surface area contributed by atoms with E-state index in [4.69, 9.17) is 14.2 Å². The third-order valence-corrected chi connectivity index (χ3v) is 2.79. The number of rotatable bonds is 5. The Balaban J connectivity index is 1.73. The monoisotopic (exact) mass is 250 g/mol. The summed E-state index contributed by atoms with van der Waals surface area (Å²) in [6, 6.07) is 7.06. The number of carbonyl (C=O) groups is 1. The quantitative estimate of drug-likeness (QED) is 0.753. The van der Waals surface area contributed by atoms with Gasteiger partial charge in [-0.3, -0.25) is 4.79 Å². The van der Waals surface area contributed by atoms with Gasteiger partial charge in [0.05, 0.1) is 19.3 Å². The van der Waals surface area contributed by atoms with Gasteiger partial charge in [-0.1, -0.05) is 0 Å². The zero-order valence-electron chi connectivity index (χ0n) is 10.7. The first kappa shape index (κ1) is 13.1. The Morgan fingerprint density at radius 1 is 1.39 bits per heavy atom. The summed E-state index contributed by atoms with van der Waals surface area (Å²) in [4.78, 5) is 10.5. The molecular formula is C14H18O4. The SMILES string of the molecule is CC1(C)OC[C@H](CCOc2ccc(C=O)cc2)O1. The van der Waals surface area contributed by atoms with E-state index in [2.05, 4.69) is 0 Å². The number of benzene rings is 1. The van der Waals surface area contributed by atoms with E-state index in [1.165, 1.54) is 0 Å². The summed E-state index contributed by atoms with van der Waals surface area (Å²) in [5.74, 6) is 0.287. The van der Waals surface area contributed by atoms with E-state index in [9.17, 15) is 4.79 Å². The molecule has 1 fully saturated rings. The first-order chi connectivity index (χ1) is 8.59. The Labute approximate surface area is 107 Å².